The summed E-state index contributed by atoms with van der Waals surface area (Å²) in [5.74, 6) is -0.285. The van der Waals surface area contributed by atoms with Crippen molar-refractivity contribution in [2.45, 2.75) is 388 Å². The van der Waals surface area contributed by atoms with Crippen molar-refractivity contribution in [1.82, 2.24) is 5.32 Å². The van der Waals surface area contributed by atoms with Gasteiger partial charge in [-0.1, -0.05) is 297 Å². The van der Waals surface area contributed by atoms with Crippen LogP contribution in [0.25, 0.3) is 0 Å². The van der Waals surface area contributed by atoms with E-state index in [2.05, 4.69) is 116 Å². The smallest absolute Gasteiger partial charge is 0.220 e. The Hall–Kier alpha value is -3.55. The van der Waals surface area contributed by atoms with Crippen LogP contribution in [0.2, 0.25) is 0 Å². The van der Waals surface area contributed by atoms with Crippen molar-refractivity contribution < 1.29 is 89.4 Å². The zero-order valence-corrected chi connectivity index (χ0v) is 63.5. The van der Waals surface area contributed by atoms with Gasteiger partial charge in [-0.3, -0.25) is 4.79 Å². The maximum Gasteiger partial charge on any atom is 0.220 e. The second-order valence-corrected chi connectivity index (χ2v) is 28.5. The number of aliphatic hydroxyl groups is 11. The van der Waals surface area contributed by atoms with E-state index in [0.29, 0.717) is 12.8 Å². The Morgan fingerprint density at radius 3 is 1.09 bits per heavy atom. The average molecular weight is 1460 g/mol. The minimum absolute atomic E-state index is 0.233. The lowest BCUT2D eigenvalue weighted by atomic mass is 9.96. The highest BCUT2D eigenvalue weighted by atomic mass is 16.8. The van der Waals surface area contributed by atoms with Gasteiger partial charge in [0.05, 0.1) is 38.6 Å². The summed E-state index contributed by atoms with van der Waals surface area (Å²) in [5, 5.41) is 121. The highest BCUT2D eigenvalue weighted by Gasteiger charge is 2.54. The maximum absolute atomic E-state index is 13.5. The molecule has 3 aliphatic rings. The standard InChI is InChI=1S/C84H145NO18/c1-3-5-7-9-11-13-15-17-19-21-22-23-24-25-26-27-28-29-30-31-32-33-34-35-36-37-38-39-40-41-42-43-44-46-48-50-52-54-56-58-60-62-72(90)85-67(68(89)61-59-57-55-53-51-49-47-45-20-18-16-14-12-10-8-6-4-2)66-98-82-78(96)75(93)80(70(64-87)100-82)103-84-79(97)76(94)81(71(65-88)101-84)102-83-77(95)74(92)73(91)69(63-86)99-83/h5,7,11,13,17,19,22-23,25-26,28-29,31-32,51,53,59,61,67-71,73-84,86-89,91-97H,3-4,6,8-10,12,14-16,18,20-21,24,27,30,33-50,52,54-58,60,62-66H2,1-2H3,(H,85,90)/b7-5-,13-11-,19-17-,23-22-,26-25-,29-28-,32-31-,53-51+,61-59+. The molecule has 17 unspecified atom stereocenters. The van der Waals surface area contributed by atoms with Crippen LogP contribution in [0.1, 0.15) is 284 Å². The molecule has 3 heterocycles. The lowest BCUT2D eigenvalue weighted by Gasteiger charge is -2.48. The number of amides is 1. The first-order valence-corrected chi connectivity index (χ1v) is 40.6. The molecule has 3 rings (SSSR count). The molecule has 0 aliphatic carbocycles. The van der Waals surface area contributed by atoms with Gasteiger partial charge in [0.1, 0.15) is 73.2 Å². The number of unbranched alkanes of at least 4 members (excludes halogenated alkanes) is 31. The van der Waals surface area contributed by atoms with Crippen molar-refractivity contribution >= 4 is 5.91 Å². The number of hydrogen-bond acceptors (Lipinski definition) is 18. The molecule has 594 valence electrons. The Balaban J connectivity index is 1.31. The van der Waals surface area contributed by atoms with Crippen molar-refractivity contribution in [3.8, 4) is 0 Å². The first kappa shape index (κ1) is 93.7. The molecule has 17 atom stereocenters. The van der Waals surface area contributed by atoms with Gasteiger partial charge < -0.3 is 89.9 Å². The lowest BCUT2D eigenvalue weighted by molar-refractivity contribution is -0.379. The normalized spacial score (nSPS) is 26.6. The number of allylic oxidation sites excluding steroid dienone is 17. The number of ether oxygens (including phenoxy) is 6. The fraction of sp³-hybridized carbons (Fsp3) is 0.774. The molecule has 19 heteroatoms. The summed E-state index contributed by atoms with van der Waals surface area (Å²) >= 11 is 0. The number of hydrogen-bond donors (Lipinski definition) is 12. The number of rotatable bonds is 63. The molecule has 0 bridgehead atoms. The van der Waals surface area contributed by atoms with Gasteiger partial charge in [0.2, 0.25) is 5.91 Å². The molecule has 103 heavy (non-hydrogen) atoms. The van der Waals surface area contributed by atoms with Crippen LogP contribution in [-0.4, -0.2) is 193 Å². The number of nitrogens with one attached hydrogen (secondary N) is 1. The van der Waals surface area contributed by atoms with Crippen LogP contribution in [0.5, 0.6) is 0 Å². The fourth-order valence-electron chi connectivity index (χ4n) is 13.1. The Labute approximate surface area is 621 Å². The van der Waals surface area contributed by atoms with Gasteiger partial charge in [-0.25, -0.2) is 0 Å². The van der Waals surface area contributed by atoms with E-state index < -0.39 is 124 Å². The molecule has 0 aromatic carbocycles. The summed E-state index contributed by atoms with van der Waals surface area (Å²) in [6.07, 6.45) is 60.9. The van der Waals surface area contributed by atoms with Gasteiger partial charge in [-0.2, -0.15) is 0 Å². The molecule has 0 saturated carbocycles. The van der Waals surface area contributed by atoms with Crippen LogP contribution < -0.4 is 5.32 Å². The molecule has 0 radical (unpaired) electrons. The van der Waals surface area contributed by atoms with Gasteiger partial charge in [0, 0.05) is 6.42 Å². The van der Waals surface area contributed by atoms with Crippen LogP contribution in [0.15, 0.2) is 109 Å². The molecular weight excluding hydrogens is 1310 g/mol. The van der Waals surface area contributed by atoms with Crippen molar-refractivity contribution in [1.29, 1.82) is 0 Å². The van der Waals surface area contributed by atoms with E-state index >= 15 is 0 Å². The third kappa shape index (κ3) is 43.3. The first-order chi connectivity index (χ1) is 50.3. The van der Waals surface area contributed by atoms with Crippen LogP contribution in [0.4, 0.5) is 0 Å². The van der Waals surface area contributed by atoms with Crippen molar-refractivity contribution in [3.05, 3.63) is 109 Å². The molecule has 0 aromatic rings. The van der Waals surface area contributed by atoms with Crippen LogP contribution in [0.3, 0.4) is 0 Å². The van der Waals surface area contributed by atoms with E-state index in [1.807, 2.05) is 6.08 Å². The van der Waals surface area contributed by atoms with Gasteiger partial charge in [0.25, 0.3) is 0 Å². The molecule has 0 aromatic heterocycles. The van der Waals surface area contributed by atoms with E-state index in [0.717, 1.165) is 83.5 Å². The van der Waals surface area contributed by atoms with Gasteiger partial charge in [-0.05, 0) is 89.9 Å². The summed E-state index contributed by atoms with van der Waals surface area (Å²) in [6, 6.07) is -0.994. The van der Waals surface area contributed by atoms with Crippen LogP contribution in [0, 0.1) is 0 Å². The van der Waals surface area contributed by atoms with Crippen molar-refractivity contribution in [2.75, 3.05) is 26.4 Å². The SMILES string of the molecule is CC/C=C\C/C=C\C/C=C\C/C=C\C/C=C\C/C=C\C/C=C\CCCCCCCCCCCCCCCCCCCCCC(=O)NC(COC1OC(CO)C(OC2OC(CO)C(OC3OC(CO)C(O)C(O)C3O)C(O)C2O)C(O)C1O)C(O)/C=C/CC/C=C/CCCCCCCCCCCCC. The van der Waals surface area contributed by atoms with E-state index in [9.17, 15) is 61.0 Å². The Morgan fingerprint density at radius 1 is 0.359 bits per heavy atom. The van der Waals surface area contributed by atoms with Crippen LogP contribution >= 0.6 is 0 Å². The van der Waals surface area contributed by atoms with E-state index in [1.165, 1.54) is 167 Å². The van der Waals surface area contributed by atoms with E-state index in [-0.39, 0.29) is 18.9 Å². The number of aliphatic hydroxyl groups excluding tert-OH is 11. The minimum Gasteiger partial charge on any atom is -0.394 e. The topological polar surface area (TPSA) is 307 Å². The Kier molecular flexibility index (Phi) is 57.6. The maximum atomic E-state index is 13.5. The predicted octanol–water partition coefficient (Wildman–Crippen LogP) is 13.7. The molecule has 3 fully saturated rings. The van der Waals surface area contributed by atoms with Gasteiger partial charge >= 0.3 is 0 Å². The third-order valence-electron chi connectivity index (χ3n) is 19.6. The van der Waals surface area contributed by atoms with Crippen molar-refractivity contribution in [3.63, 3.8) is 0 Å². The number of carbonyl (C=O) groups excluding carboxylic acids is 1. The number of carbonyl (C=O) groups is 1. The monoisotopic (exact) mass is 1460 g/mol. The summed E-state index contributed by atoms with van der Waals surface area (Å²) in [4.78, 5) is 13.5. The Bertz CT molecular complexity index is 2290. The molecule has 1 amide bonds. The highest BCUT2D eigenvalue weighted by molar-refractivity contribution is 5.76. The summed E-state index contributed by atoms with van der Waals surface area (Å²) in [7, 11) is 0. The molecule has 19 nitrogen and oxygen atoms in total. The molecular formula is C84H145NO18. The van der Waals surface area contributed by atoms with Crippen LogP contribution in [-0.2, 0) is 33.2 Å². The third-order valence-corrected chi connectivity index (χ3v) is 19.6. The average Bonchev–Trinajstić information content (AvgIpc) is 0.782. The lowest BCUT2D eigenvalue weighted by Crippen LogP contribution is -2.66. The second-order valence-electron chi connectivity index (χ2n) is 28.5. The molecule has 0 spiro atoms. The largest absolute Gasteiger partial charge is 0.394 e. The minimum atomic E-state index is -1.98. The highest BCUT2D eigenvalue weighted by Crippen LogP contribution is 2.33. The van der Waals surface area contributed by atoms with E-state index in [1.54, 1.807) is 6.08 Å². The quantitative estimate of drug-likeness (QED) is 0.0199. The van der Waals surface area contributed by atoms with E-state index in [4.69, 9.17) is 28.4 Å². The van der Waals surface area contributed by atoms with Gasteiger partial charge in [0.15, 0.2) is 18.9 Å². The first-order valence-electron chi connectivity index (χ1n) is 40.6. The molecule has 3 aliphatic heterocycles. The van der Waals surface area contributed by atoms with Crippen molar-refractivity contribution in [2.24, 2.45) is 0 Å². The molecule has 3 saturated heterocycles. The second kappa shape index (κ2) is 63.4. The zero-order chi connectivity index (χ0) is 74.6. The summed E-state index contributed by atoms with van der Waals surface area (Å²) in [5.41, 5.74) is 0. The summed E-state index contributed by atoms with van der Waals surface area (Å²) in [6.45, 7) is 1.61. The summed E-state index contributed by atoms with van der Waals surface area (Å²) < 4.78 is 34.4. The molecule has 12 N–H and O–H groups in total. The van der Waals surface area contributed by atoms with Gasteiger partial charge in [-0.15, -0.1) is 0 Å². The fourth-order valence-corrected chi connectivity index (χ4v) is 13.1. The predicted molar refractivity (Wildman–Crippen MR) is 410 cm³/mol. The Morgan fingerprint density at radius 2 is 0.680 bits per heavy atom. The zero-order valence-electron chi connectivity index (χ0n) is 63.5.